The molecule has 0 bridgehead atoms. The molecule has 1 aromatic carbocycles. The van der Waals surface area contributed by atoms with Crippen molar-refractivity contribution in [3.05, 3.63) is 85.3 Å². The first-order valence-corrected chi connectivity index (χ1v) is 16.2. The van der Waals surface area contributed by atoms with Gasteiger partial charge in [-0.1, -0.05) is 73.5 Å². The topological polar surface area (TPSA) is 83.6 Å². The normalized spacial score (nSPS) is 11.9. The summed E-state index contributed by atoms with van der Waals surface area (Å²) in [4.78, 5) is 25.3. The Labute approximate surface area is 264 Å². The van der Waals surface area contributed by atoms with Crippen LogP contribution >= 0.6 is 0 Å². The largest absolute Gasteiger partial charge is 0.485 e. The Hall–Kier alpha value is -3.61. The number of hydrogen-bond acceptors (Lipinski definition) is 5. The Balaban J connectivity index is 2.49. The zero-order valence-corrected chi connectivity index (χ0v) is 28.2. The summed E-state index contributed by atoms with van der Waals surface area (Å²) in [5.74, 6) is 0.490. The van der Waals surface area contributed by atoms with Crippen LogP contribution in [-0.4, -0.2) is 22.7 Å². The van der Waals surface area contributed by atoms with Crippen molar-refractivity contribution in [2.75, 3.05) is 13.2 Å². The zero-order chi connectivity index (χ0) is 32.5. The van der Waals surface area contributed by atoms with Crippen LogP contribution in [0.3, 0.4) is 0 Å². The molecule has 0 spiro atoms. The number of nitro benzene ring substituents is 1. The van der Waals surface area contributed by atoms with Gasteiger partial charge in [0.05, 0.1) is 10.4 Å². The van der Waals surface area contributed by atoms with Gasteiger partial charge in [-0.3, -0.25) is 14.9 Å². The maximum atomic E-state index is 14.0. The summed E-state index contributed by atoms with van der Waals surface area (Å²) in [6.07, 6.45) is 18.6. The number of aryl methyl sites for hydroxylation is 1. The summed E-state index contributed by atoms with van der Waals surface area (Å²) in [5, 5.41) is 12.3. The fourth-order valence-corrected chi connectivity index (χ4v) is 4.96. The van der Waals surface area contributed by atoms with Gasteiger partial charge < -0.3 is 14.0 Å². The molecule has 0 radical (unpaired) electrons. The highest BCUT2D eigenvalue weighted by atomic mass is 16.6. The van der Waals surface area contributed by atoms with Crippen LogP contribution in [-0.2, 0) is 6.54 Å². The van der Waals surface area contributed by atoms with Gasteiger partial charge in [0.25, 0.3) is 11.2 Å². The Kier molecular flexibility index (Phi) is 16.3. The third-order valence-electron chi connectivity index (χ3n) is 7.61. The minimum absolute atomic E-state index is 0.0573. The minimum Gasteiger partial charge on any atom is -0.485 e. The van der Waals surface area contributed by atoms with Crippen LogP contribution in [0.4, 0.5) is 5.69 Å². The molecular weight excluding hydrogens is 552 g/mol. The fourth-order valence-electron chi connectivity index (χ4n) is 4.96. The molecule has 0 unspecified atom stereocenters. The van der Waals surface area contributed by atoms with Crippen molar-refractivity contribution in [1.29, 1.82) is 0 Å². The Morgan fingerprint density at radius 1 is 0.795 bits per heavy atom. The molecule has 2 rings (SSSR count). The third-order valence-corrected chi connectivity index (χ3v) is 7.61. The Morgan fingerprint density at radius 3 is 1.89 bits per heavy atom. The summed E-state index contributed by atoms with van der Waals surface area (Å²) in [5.41, 5.74) is 5.08. The number of fused-ring (bicyclic) bond motifs is 1. The van der Waals surface area contributed by atoms with Crippen LogP contribution in [0.2, 0.25) is 0 Å². The number of aromatic nitrogens is 1. The first-order chi connectivity index (χ1) is 21.0. The monoisotopic (exact) mass is 606 g/mol. The van der Waals surface area contributed by atoms with Crippen molar-refractivity contribution in [3.8, 4) is 11.5 Å². The minimum atomic E-state index is -0.425. The van der Waals surface area contributed by atoms with Gasteiger partial charge in [-0.25, -0.2) is 0 Å². The first kappa shape index (κ1) is 36.6. The molecule has 0 N–H and O–H groups in total. The van der Waals surface area contributed by atoms with E-state index >= 15 is 0 Å². The summed E-state index contributed by atoms with van der Waals surface area (Å²) in [6, 6.07) is 4.63. The van der Waals surface area contributed by atoms with E-state index < -0.39 is 4.92 Å². The molecule has 2 aromatic rings. The summed E-state index contributed by atoms with van der Waals surface area (Å²) in [6.45, 7) is 15.6. The van der Waals surface area contributed by atoms with Crippen molar-refractivity contribution in [1.82, 2.24) is 4.57 Å². The zero-order valence-electron chi connectivity index (χ0n) is 28.2. The molecular formula is C37H54N2O5. The molecule has 7 heteroatoms. The molecule has 0 saturated carbocycles. The number of pyridine rings is 1. The first-order valence-electron chi connectivity index (χ1n) is 16.2. The van der Waals surface area contributed by atoms with Crippen LogP contribution < -0.4 is 15.0 Å². The van der Waals surface area contributed by atoms with Crippen molar-refractivity contribution in [2.45, 2.75) is 119 Å². The second-order valence-corrected chi connectivity index (χ2v) is 12.2. The van der Waals surface area contributed by atoms with Crippen LogP contribution in [0.1, 0.15) is 113 Å². The molecule has 0 fully saturated rings. The van der Waals surface area contributed by atoms with E-state index in [1.54, 1.807) is 10.6 Å². The Bertz CT molecular complexity index is 1400. The lowest BCUT2D eigenvalue weighted by atomic mass is 10.1. The van der Waals surface area contributed by atoms with Gasteiger partial charge in [0.2, 0.25) is 5.75 Å². The van der Waals surface area contributed by atoms with Crippen molar-refractivity contribution in [2.24, 2.45) is 0 Å². The average molecular weight is 607 g/mol. The van der Waals surface area contributed by atoms with Crippen LogP contribution in [0, 0.1) is 10.1 Å². The second-order valence-electron chi connectivity index (χ2n) is 12.2. The molecule has 7 nitrogen and oxygen atoms in total. The van der Waals surface area contributed by atoms with Gasteiger partial charge in [0.1, 0.15) is 13.2 Å². The number of unbranched alkanes of at least 4 members (excludes halogenated alkanes) is 5. The highest BCUT2D eigenvalue weighted by Gasteiger charge is 2.21. The van der Waals surface area contributed by atoms with Gasteiger partial charge in [0, 0.05) is 24.1 Å². The smallest absolute Gasteiger partial charge is 0.297 e. The standard InChI is InChI=1S/C37H54N2O5/c1-8-9-10-11-12-13-24-38-34-27-32(39(41)42)20-21-33(34)35(43-25-22-30(6)18-14-16-28(2)3)36(37(38)40)44-26-23-31(7)19-15-17-29(4)5/h16-17,20-23,27H,8-15,18-19,24-26H2,1-7H3/b30-22+,31-23+. The number of non-ortho nitro benzene ring substituents is 1. The molecule has 0 atom stereocenters. The number of allylic oxidation sites excluding steroid dienone is 6. The number of hydrogen-bond donors (Lipinski definition) is 0. The van der Waals surface area contributed by atoms with Crippen LogP contribution in [0.15, 0.2) is 69.6 Å². The summed E-state index contributed by atoms with van der Waals surface area (Å²) < 4.78 is 14.1. The van der Waals surface area contributed by atoms with Crippen LogP contribution in [0.25, 0.3) is 10.9 Å². The molecule has 1 heterocycles. The lowest BCUT2D eigenvalue weighted by molar-refractivity contribution is -0.384. The maximum Gasteiger partial charge on any atom is 0.297 e. The third kappa shape index (κ3) is 12.6. The molecule has 44 heavy (non-hydrogen) atoms. The van der Waals surface area contributed by atoms with Gasteiger partial charge in [-0.2, -0.15) is 0 Å². The van der Waals surface area contributed by atoms with Crippen LogP contribution in [0.5, 0.6) is 11.5 Å². The quantitative estimate of drug-likeness (QED) is 0.0648. The number of nitrogens with zero attached hydrogens (tertiary/aromatic N) is 2. The fraction of sp³-hybridized carbons (Fsp3) is 0.541. The molecule has 0 saturated heterocycles. The number of ether oxygens (including phenoxy) is 2. The van der Waals surface area contributed by atoms with E-state index in [0.717, 1.165) is 44.9 Å². The number of nitro groups is 1. The second kappa shape index (κ2) is 19.6. The maximum absolute atomic E-state index is 14.0. The number of rotatable bonds is 20. The van der Waals surface area contributed by atoms with Gasteiger partial charge >= 0.3 is 0 Å². The predicted octanol–water partition coefficient (Wildman–Crippen LogP) is 10.4. The van der Waals surface area contributed by atoms with E-state index in [4.69, 9.17) is 9.47 Å². The molecule has 0 aliphatic carbocycles. The van der Waals surface area contributed by atoms with Gasteiger partial charge in [-0.05, 0) is 91.9 Å². The van der Waals surface area contributed by atoms with Crippen molar-refractivity contribution in [3.63, 3.8) is 0 Å². The Morgan fingerprint density at radius 2 is 1.34 bits per heavy atom. The van der Waals surface area contributed by atoms with Gasteiger partial charge in [0.15, 0.2) is 5.75 Å². The lowest BCUT2D eigenvalue weighted by Gasteiger charge is -2.18. The SMILES string of the molecule is CCCCCCCCn1c(=O)c(OC/C=C(\C)CCC=C(C)C)c(OC/C=C(\C)CCC=C(C)C)c2ccc([N+](=O)[O-])cc21. The molecule has 0 amide bonds. The summed E-state index contributed by atoms with van der Waals surface area (Å²) >= 11 is 0. The molecule has 1 aromatic heterocycles. The molecule has 0 aliphatic heterocycles. The van der Waals surface area contributed by atoms with E-state index in [1.165, 1.54) is 53.7 Å². The highest BCUT2D eigenvalue weighted by molar-refractivity contribution is 5.89. The predicted molar refractivity (Wildman–Crippen MR) is 184 cm³/mol. The molecule has 242 valence electrons. The van der Waals surface area contributed by atoms with E-state index in [2.05, 4.69) is 60.6 Å². The lowest BCUT2D eigenvalue weighted by Crippen LogP contribution is -2.24. The average Bonchev–Trinajstić information content (AvgIpc) is 2.96. The van der Waals surface area contributed by atoms with Gasteiger partial charge in [-0.15, -0.1) is 0 Å². The van der Waals surface area contributed by atoms with Crippen molar-refractivity contribution < 1.29 is 14.4 Å². The van der Waals surface area contributed by atoms with E-state index in [-0.39, 0.29) is 30.2 Å². The van der Waals surface area contributed by atoms with E-state index in [9.17, 15) is 14.9 Å². The summed E-state index contributed by atoms with van der Waals surface area (Å²) in [7, 11) is 0. The van der Waals surface area contributed by atoms with Crippen molar-refractivity contribution >= 4 is 16.6 Å². The van der Waals surface area contributed by atoms with E-state index in [0.29, 0.717) is 23.2 Å². The highest BCUT2D eigenvalue weighted by Crippen LogP contribution is 2.35. The number of benzene rings is 1. The molecule has 0 aliphatic rings. The van der Waals surface area contributed by atoms with E-state index in [1.807, 2.05) is 12.2 Å².